The second-order valence-electron chi connectivity index (χ2n) is 4.55. The van der Waals surface area contributed by atoms with E-state index in [4.69, 9.17) is 10.5 Å². The number of alkyl halides is 1. The predicted molar refractivity (Wildman–Crippen MR) is 66.8 cm³/mol. The molecule has 3 nitrogen and oxygen atoms in total. The van der Waals surface area contributed by atoms with E-state index in [1.54, 1.807) is 0 Å². The van der Waals surface area contributed by atoms with Crippen LogP contribution in [0, 0.1) is 0 Å². The summed E-state index contributed by atoms with van der Waals surface area (Å²) in [4.78, 5) is 4.34. The van der Waals surface area contributed by atoms with Gasteiger partial charge in [0.05, 0.1) is 0 Å². The molecule has 0 bridgehead atoms. The van der Waals surface area contributed by atoms with Gasteiger partial charge in [-0.25, -0.2) is 9.38 Å². The molecular weight excluding hydrogens is 287 g/mol. The molecule has 5 heteroatoms. The fourth-order valence-corrected chi connectivity index (χ4v) is 3.27. The molecule has 2 atom stereocenters. The molecule has 2 aliphatic rings. The van der Waals surface area contributed by atoms with Crippen LogP contribution in [0.15, 0.2) is 27.7 Å². The molecule has 0 radical (unpaired) electrons. The van der Waals surface area contributed by atoms with Crippen LogP contribution in [0.1, 0.15) is 11.1 Å². The number of nitrogens with two attached hydrogens (primary N) is 1. The van der Waals surface area contributed by atoms with Crippen molar-refractivity contribution in [1.82, 2.24) is 0 Å². The number of rotatable bonds is 1. The quantitative estimate of drug-likeness (QED) is 0.862. The smallest absolute Gasteiger partial charge is 0.283 e. The van der Waals surface area contributed by atoms with Gasteiger partial charge >= 0.3 is 0 Å². The van der Waals surface area contributed by atoms with Crippen LogP contribution in [0.25, 0.3) is 0 Å². The number of hydrogen-bond donors (Lipinski definition) is 1. The zero-order valence-corrected chi connectivity index (χ0v) is 10.7. The number of ether oxygens (including phenoxy) is 1. The van der Waals surface area contributed by atoms with E-state index in [0.717, 1.165) is 4.47 Å². The summed E-state index contributed by atoms with van der Waals surface area (Å²) in [7, 11) is 0. The maximum absolute atomic E-state index is 13.0. The van der Waals surface area contributed by atoms with Gasteiger partial charge in [-0.2, -0.15) is 0 Å². The van der Waals surface area contributed by atoms with E-state index in [1.165, 1.54) is 11.1 Å². The fourth-order valence-electron chi connectivity index (χ4n) is 2.72. The van der Waals surface area contributed by atoms with Crippen molar-refractivity contribution >= 4 is 22.0 Å². The largest absolute Gasteiger partial charge is 0.457 e. The molecule has 2 unspecified atom stereocenters. The van der Waals surface area contributed by atoms with Crippen molar-refractivity contribution in [2.45, 2.75) is 24.5 Å². The molecule has 1 aliphatic carbocycles. The predicted octanol–water partition coefficient (Wildman–Crippen LogP) is 1.97. The van der Waals surface area contributed by atoms with Gasteiger partial charge in [-0.15, -0.1) is 0 Å². The lowest BCUT2D eigenvalue weighted by Crippen LogP contribution is -2.40. The first kappa shape index (κ1) is 11.0. The Hall–Kier alpha value is -1.10. The first-order valence-electron chi connectivity index (χ1n) is 5.49. The van der Waals surface area contributed by atoms with Crippen molar-refractivity contribution in [2.24, 2.45) is 10.7 Å². The Labute approximate surface area is 107 Å². The van der Waals surface area contributed by atoms with Crippen LogP contribution in [0.4, 0.5) is 4.39 Å². The van der Waals surface area contributed by atoms with Gasteiger partial charge in [-0.05, 0) is 17.2 Å². The number of fused-ring (bicyclic) bond motifs is 1. The molecule has 0 aromatic heterocycles. The molecule has 0 saturated carbocycles. The summed E-state index contributed by atoms with van der Waals surface area (Å²) in [6.45, 7) is -0.560. The van der Waals surface area contributed by atoms with Gasteiger partial charge in [0.2, 0.25) is 0 Å². The van der Waals surface area contributed by atoms with Crippen molar-refractivity contribution < 1.29 is 9.13 Å². The van der Waals surface area contributed by atoms with E-state index in [0.29, 0.717) is 12.8 Å². The minimum Gasteiger partial charge on any atom is -0.457 e. The van der Waals surface area contributed by atoms with Crippen LogP contribution < -0.4 is 5.73 Å². The number of nitrogens with zero attached hydrogens (tertiary/aromatic N) is 1. The molecule has 1 spiro atoms. The van der Waals surface area contributed by atoms with Gasteiger partial charge in [0, 0.05) is 17.3 Å². The lowest BCUT2D eigenvalue weighted by atomic mass is 9.91. The van der Waals surface area contributed by atoms with Crippen LogP contribution in [-0.4, -0.2) is 24.3 Å². The van der Waals surface area contributed by atoms with Crippen LogP contribution in [0.5, 0.6) is 0 Å². The molecule has 2 N–H and O–H groups in total. The highest BCUT2D eigenvalue weighted by atomic mass is 79.9. The van der Waals surface area contributed by atoms with Gasteiger partial charge in [0.15, 0.2) is 6.10 Å². The molecule has 0 fully saturated rings. The SMILES string of the molecule is NC1=NC2(Cc3cccc(Br)c3C2)C(CF)O1. The van der Waals surface area contributed by atoms with Gasteiger partial charge in [-0.1, -0.05) is 28.1 Å². The van der Waals surface area contributed by atoms with E-state index in [2.05, 4.69) is 20.9 Å². The molecule has 1 aromatic rings. The molecular formula is C12H12BrFN2O. The highest BCUT2D eigenvalue weighted by molar-refractivity contribution is 9.10. The van der Waals surface area contributed by atoms with Crippen LogP contribution in [0.2, 0.25) is 0 Å². The maximum atomic E-state index is 13.0. The average Bonchev–Trinajstić information content (AvgIpc) is 2.80. The highest BCUT2D eigenvalue weighted by Crippen LogP contribution is 2.42. The van der Waals surface area contributed by atoms with Gasteiger partial charge in [0.1, 0.15) is 12.2 Å². The van der Waals surface area contributed by atoms with Crippen molar-refractivity contribution in [3.05, 3.63) is 33.8 Å². The third kappa shape index (κ3) is 1.56. The van der Waals surface area contributed by atoms with Crippen molar-refractivity contribution in [2.75, 3.05) is 6.67 Å². The molecule has 1 aromatic carbocycles. The Morgan fingerprint density at radius 2 is 2.35 bits per heavy atom. The molecule has 0 saturated heterocycles. The van der Waals surface area contributed by atoms with E-state index in [9.17, 15) is 4.39 Å². The standard InChI is InChI=1S/C12H12BrFN2O/c13-9-3-1-2-7-4-12(5-8(7)9)10(6-14)17-11(15)16-12/h1-3,10H,4-6H2,(H2,15,16). The molecule has 0 amide bonds. The number of aliphatic imine (C=N–C) groups is 1. The van der Waals surface area contributed by atoms with Crippen LogP contribution in [-0.2, 0) is 17.6 Å². The van der Waals surface area contributed by atoms with Crippen LogP contribution in [0.3, 0.4) is 0 Å². The third-order valence-electron chi connectivity index (χ3n) is 3.53. The van der Waals surface area contributed by atoms with Crippen molar-refractivity contribution in [1.29, 1.82) is 0 Å². The molecule has 90 valence electrons. The number of hydrogen-bond acceptors (Lipinski definition) is 3. The molecule has 1 aliphatic heterocycles. The normalized spacial score (nSPS) is 30.2. The molecule has 17 heavy (non-hydrogen) atoms. The Morgan fingerprint density at radius 3 is 3.06 bits per heavy atom. The lowest BCUT2D eigenvalue weighted by Gasteiger charge is -2.24. The summed E-state index contributed by atoms with van der Waals surface area (Å²) in [6.07, 6.45) is 0.817. The Morgan fingerprint density at radius 1 is 1.53 bits per heavy atom. The first-order chi connectivity index (χ1) is 8.14. The van der Waals surface area contributed by atoms with E-state index in [1.807, 2.05) is 18.2 Å². The summed E-state index contributed by atoms with van der Waals surface area (Å²) in [6, 6.07) is 6.13. The number of halogens is 2. The summed E-state index contributed by atoms with van der Waals surface area (Å²) < 4.78 is 19.3. The topological polar surface area (TPSA) is 47.6 Å². The molecule has 3 rings (SSSR count). The zero-order valence-electron chi connectivity index (χ0n) is 9.12. The second kappa shape index (κ2) is 3.70. The fraction of sp³-hybridized carbons (Fsp3) is 0.417. The van der Waals surface area contributed by atoms with Crippen molar-refractivity contribution in [3.8, 4) is 0 Å². The average molecular weight is 299 g/mol. The first-order valence-corrected chi connectivity index (χ1v) is 6.28. The third-order valence-corrected chi connectivity index (χ3v) is 4.27. The number of benzene rings is 1. The Bertz CT molecular complexity index is 505. The highest BCUT2D eigenvalue weighted by Gasteiger charge is 2.50. The van der Waals surface area contributed by atoms with E-state index >= 15 is 0 Å². The van der Waals surface area contributed by atoms with Gasteiger partial charge < -0.3 is 10.5 Å². The minimum absolute atomic E-state index is 0.108. The second-order valence-corrected chi connectivity index (χ2v) is 5.40. The summed E-state index contributed by atoms with van der Waals surface area (Å²) in [5.41, 5.74) is 7.42. The minimum atomic E-state index is -0.560. The zero-order chi connectivity index (χ0) is 12.0. The van der Waals surface area contributed by atoms with E-state index in [-0.39, 0.29) is 6.02 Å². The lowest BCUT2D eigenvalue weighted by molar-refractivity contribution is 0.108. The Balaban J connectivity index is 2.02. The monoisotopic (exact) mass is 298 g/mol. The van der Waals surface area contributed by atoms with Crippen molar-refractivity contribution in [3.63, 3.8) is 0 Å². The number of amidine groups is 1. The maximum Gasteiger partial charge on any atom is 0.283 e. The molecule has 1 heterocycles. The summed E-state index contributed by atoms with van der Waals surface area (Å²) >= 11 is 3.52. The Kier molecular flexibility index (Phi) is 2.40. The summed E-state index contributed by atoms with van der Waals surface area (Å²) in [5.74, 6) is 0. The van der Waals surface area contributed by atoms with Gasteiger partial charge in [0.25, 0.3) is 6.02 Å². The van der Waals surface area contributed by atoms with Gasteiger partial charge in [-0.3, -0.25) is 0 Å². The van der Waals surface area contributed by atoms with Crippen LogP contribution >= 0.6 is 15.9 Å². The summed E-state index contributed by atoms with van der Waals surface area (Å²) in [5, 5.41) is 0. The van der Waals surface area contributed by atoms with E-state index < -0.39 is 18.3 Å².